The van der Waals surface area contributed by atoms with E-state index in [0.29, 0.717) is 6.42 Å². The minimum absolute atomic E-state index is 0.375. The summed E-state index contributed by atoms with van der Waals surface area (Å²) in [4.78, 5) is 14.9. The molecule has 3 nitrogen and oxygen atoms in total. The quantitative estimate of drug-likeness (QED) is 0.663. The van der Waals surface area contributed by atoms with Gasteiger partial charge in [-0.05, 0) is 6.07 Å². The average Bonchev–Trinajstić information content (AvgIpc) is 2.95. The second-order valence-corrected chi connectivity index (χ2v) is 4.59. The number of rotatable bonds is 3. The van der Waals surface area contributed by atoms with Crippen LogP contribution >= 0.6 is 11.3 Å². The number of carbonyl (C=O) groups is 1. The van der Waals surface area contributed by atoms with E-state index in [4.69, 9.17) is 4.42 Å². The zero-order chi connectivity index (χ0) is 11.7. The number of aldehydes is 1. The van der Waals surface area contributed by atoms with Crippen molar-refractivity contribution in [2.45, 2.75) is 6.42 Å². The van der Waals surface area contributed by atoms with Crippen LogP contribution < -0.4 is 0 Å². The van der Waals surface area contributed by atoms with Gasteiger partial charge in [-0.1, -0.05) is 18.2 Å². The summed E-state index contributed by atoms with van der Waals surface area (Å²) in [5.74, 6) is 0. The van der Waals surface area contributed by atoms with Crippen LogP contribution in [-0.4, -0.2) is 11.3 Å². The molecule has 4 heteroatoms. The molecule has 0 saturated carbocycles. The van der Waals surface area contributed by atoms with Gasteiger partial charge in [-0.15, -0.1) is 11.3 Å². The van der Waals surface area contributed by atoms with Gasteiger partial charge in [-0.2, -0.15) is 0 Å². The van der Waals surface area contributed by atoms with Crippen LogP contribution in [0.5, 0.6) is 0 Å². The van der Waals surface area contributed by atoms with E-state index in [9.17, 15) is 4.79 Å². The van der Waals surface area contributed by atoms with Crippen LogP contribution in [-0.2, 0) is 11.2 Å². The zero-order valence-corrected chi connectivity index (χ0v) is 9.74. The van der Waals surface area contributed by atoms with Crippen LogP contribution in [0.25, 0.3) is 22.2 Å². The number of nitrogens with zero attached hydrogens (tertiary/aromatic N) is 1. The molecule has 2 heterocycles. The highest BCUT2D eigenvalue weighted by molar-refractivity contribution is 7.10. The molecule has 3 rings (SSSR count). The standard InChI is InChI=1S/C13H9NO2S/c15-6-5-13-14-11(8-17-13)10-7-16-12-4-2-1-3-9(10)12/h1-4,6-8H,5H2. The molecule has 84 valence electrons. The van der Waals surface area contributed by atoms with Crippen molar-refractivity contribution in [3.63, 3.8) is 0 Å². The summed E-state index contributed by atoms with van der Waals surface area (Å²) in [5, 5.41) is 3.84. The van der Waals surface area contributed by atoms with Gasteiger partial charge < -0.3 is 9.21 Å². The van der Waals surface area contributed by atoms with Crippen molar-refractivity contribution in [1.29, 1.82) is 0 Å². The van der Waals surface area contributed by atoms with E-state index < -0.39 is 0 Å². The summed E-state index contributed by atoms with van der Waals surface area (Å²) >= 11 is 1.50. The first kappa shape index (κ1) is 10.2. The molecule has 0 atom stereocenters. The second-order valence-electron chi connectivity index (χ2n) is 3.64. The molecule has 0 aliphatic heterocycles. The smallest absolute Gasteiger partial charge is 0.134 e. The zero-order valence-electron chi connectivity index (χ0n) is 8.92. The maximum atomic E-state index is 10.4. The number of carbonyl (C=O) groups excluding carboxylic acids is 1. The van der Waals surface area contributed by atoms with Gasteiger partial charge >= 0.3 is 0 Å². The molecule has 3 aromatic rings. The largest absolute Gasteiger partial charge is 0.464 e. The fourth-order valence-electron chi connectivity index (χ4n) is 1.78. The van der Waals surface area contributed by atoms with Crippen LogP contribution in [0.15, 0.2) is 40.3 Å². The minimum atomic E-state index is 0.375. The Hall–Kier alpha value is -1.94. The van der Waals surface area contributed by atoms with Crippen molar-refractivity contribution in [3.05, 3.63) is 40.9 Å². The Morgan fingerprint density at radius 1 is 1.35 bits per heavy atom. The van der Waals surface area contributed by atoms with Gasteiger partial charge in [0, 0.05) is 16.3 Å². The van der Waals surface area contributed by atoms with Crippen molar-refractivity contribution in [1.82, 2.24) is 4.98 Å². The van der Waals surface area contributed by atoms with Gasteiger partial charge in [0.2, 0.25) is 0 Å². The molecule has 0 bridgehead atoms. The van der Waals surface area contributed by atoms with Gasteiger partial charge in [0.25, 0.3) is 0 Å². The van der Waals surface area contributed by atoms with E-state index in [1.165, 1.54) is 11.3 Å². The fraction of sp³-hybridized carbons (Fsp3) is 0.0769. The molecule has 0 N–H and O–H groups in total. The van der Waals surface area contributed by atoms with Crippen molar-refractivity contribution >= 4 is 28.6 Å². The molecule has 1 aromatic carbocycles. The summed E-state index contributed by atoms with van der Waals surface area (Å²) < 4.78 is 5.47. The molecule has 0 radical (unpaired) electrons. The average molecular weight is 243 g/mol. The minimum Gasteiger partial charge on any atom is -0.464 e. The van der Waals surface area contributed by atoms with Gasteiger partial charge in [-0.25, -0.2) is 4.98 Å². The number of hydrogen-bond acceptors (Lipinski definition) is 4. The molecule has 2 aromatic heterocycles. The Labute approximate surface area is 102 Å². The molecular formula is C13H9NO2S. The Morgan fingerprint density at radius 3 is 3.12 bits per heavy atom. The summed E-state index contributed by atoms with van der Waals surface area (Å²) in [7, 11) is 0. The van der Waals surface area contributed by atoms with Crippen LogP contribution in [0.3, 0.4) is 0 Å². The summed E-state index contributed by atoms with van der Waals surface area (Å²) in [5.41, 5.74) is 2.71. The lowest BCUT2D eigenvalue weighted by atomic mass is 10.1. The Morgan fingerprint density at radius 2 is 2.24 bits per heavy atom. The molecule has 0 amide bonds. The fourth-order valence-corrected chi connectivity index (χ4v) is 2.52. The van der Waals surface area contributed by atoms with Crippen LogP contribution in [0, 0.1) is 0 Å². The summed E-state index contributed by atoms with van der Waals surface area (Å²) in [6.07, 6.45) is 2.96. The van der Waals surface area contributed by atoms with Gasteiger partial charge in [0.05, 0.1) is 12.1 Å². The van der Waals surface area contributed by atoms with Gasteiger partial charge in [0.15, 0.2) is 0 Å². The number of thiazole rings is 1. The summed E-state index contributed by atoms with van der Waals surface area (Å²) in [6, 6.07) is 7.85. The van der Waals surface area contributed by atoms with Crippen LogP contribution in [0.2, 0.25) is 0 Å². The Bertz CT molecular complexity index is 669. The van der Waals surface area contributed by atoms with E-state index >= 15 is 0 Å². The van der Waals surface area contributed by atoms with E-state index in [0.717, 1.165) is 33.5 Å². The number of aromatic nitrogens is 1. The molecule has 0 fully saturated rings. The monoisotopic (exact) mass is 243 g/mol. The number of benzene rings is 1. The number of furan rings is 1. The number of hydrogen-bond donors (Lipinski definition) is 0. The van der Waals surface area contributed by atoms with Crippen LogP contribution in [0.1, 0.15) is 5.01 Å². The van der Waals surface area contributed by atoms with Crippen molar-refractivity contribution in [3.8, 4) is 11.3 Å². The lowest BCUT2D eigenvalue weighted by Gasteiger charge is -1.91. The van der Waals surface area contributed by atoms with E-state index in [1.807, 2.05) is 29.6 Å². The number of para-hydroxylation sites is 1. The Kier molecular flexibility index (Phi) is 2.49. The SMILES string of the molecule is O=CCc1nc(-c2coc3ccccc23)cs1. The molecule has 0 saturated heterocycles. The van der Waals surface area contributed by atoms with E-state index in [2.05, 4.69) is 4.98 Å². The maximum absolute atomic E-state index is 10.4. The normalized spacial score (nSPS) is 10.8. The van der Waals surface area contributed by atoms with Crippen molar-refractivity contribution in [2.75, 3.05) is 0 Å². The third kappa shape index (κ3) is 1.76. The first-order chi connectivity index (χ1) is 8.38. The summed E-state index contributed by atoms with van der Waals surface area (Å²) in [6.45, 7) is 0. The Balaban J connectivity index is 2.10. The van der Waals surface area contributed by atoms with E-state index in [-0.39, 0.29) is 0 Å². The molecular weight excluding hydrogens is 234 g/mol. The predicted molar refractivity (Wildman–Crippen MR) is 67.1 cm³/mol. The molecule has 0 aliphatic rings. The second kappa shape index (κ2) is 4.14. The molecule has 0 aliphatic carbocycles. The van der Waals surface area contributed by atoms with E-state index in [1.54, 1.807) is 6.26 Å². The van der Waals surface area contributed by atoms with Crippen LogP contribution in [0.4, 0.5) is 0 Å². The topological polar surface area (TPSA) is 43.1 Å². The first-order valence-electron chi connectivity index (χ1n) is 5.23. The molecule has 0 spiro atoms. The molecule has 17 heavy (non-hydrogen) atoms. The lowest BCUT2D eigenvalue weighted by molar-refractivity contribution is -0.107. The highest BCUT2D eigenvalue weighted by atomic mass is 32.1. The lowest BCUT2D eigenvalue weighted by Crippen LogP contribution is -1.83. The highest BCUT2D eigenvalue weighted by Crippen LogP contribution is 2.31. The van der Waals surface area contributed by atoms with Crippen molar-refractivity contribution < 1.29 is 9.21 Å². The van der Waals surface area contributed by atoms with Crippen molar-refractivity contribution in [2.24, 2.45) is 0 Å². The van der Waals surface area contributed by atoms with Gasteiger partial charge in [-0.3, -0.25) is 0 Å². The predicted octanol–water partition coefficient (Wildman–Crippen LogP) is 3.30. The third-order valence-electron chi connectivity index (χ3n) is 2.57. The maximum Gasteiger partial charge on any atom is 0.134 e. The van der Waals surface area contributed by atoms with Gasteiger partial charge in [0.1, 0.15) is 23.1 Å². The first-order valence-corrected chi connectivity index (χ1v) is 6.11. The third-order valence-corrected chi connectivity index (χ3v) is 3.44. The number of fused-ring (bicyclic) bond motifs is 1. The molecule has 0 unspecified atom stereocenters. The highest BCUT2D eigenvalue weighted by Gasteiger charge is 2.10.